The predicted molar refractivity (Wildman–Crippen MR) is 174 cm³/mol. The Labute approximate surface area is 260 Å². The highest BCUT2D eigenvalue weighted by molar-refractivity contribution is 7.24. The Hall–Kier alpha value is -2.62. The van der Waals surface area contributed by atoms with E-state index >= 15 is 0 Å². The van der Waals surface area contributed by atoms with Crippen LogP contribution in [0.5, 0.6) is 0 Å². The van der Waals surface area contributed by atoms with E-state index in [1.807, 2.05) is 36.5 Å². The molecule has 0 amide bonds. The molecule has 0 unspecified atom stereocenters. The third-order valence-electron chi connectivity index (χ3n) is 8.29. The Bertz CT molecular complexity index is 1520. The molecular weight excluding hydrogens is 585 g/mol. The van der Waals surface area contributed by atoms with E-state index in [0.29, 0.717) is 26.1 Å². The van der Waals surface area contributed by atoms with Crippen molar-refractivity contribution in [2.24, 2.45) is 0 Å². The first-order valence-corrected chi connectivity index (χ1v) is 17.5. The molecule has 42 heavy (non-hydrogen) atoms. The number of rotatable bonds is 15. The van der Waals surface area contributed by atoms with Gasteiger partial charge in [0.25, 0.3) is 0 Å². The van der Waals surface area contributed by atoms with Gasteiger partial charge in [-0.25, -0.2) is 0 Å². The number of aromatic nitrogens is 2. The van der Waals surface area contributed by atoms with Crippen molar-refractivity contribution < 1.29 is 19.1 Å². The zero-order valence-corrected chi connectivity index (χ0v) is 27.5. The van der Waals surface area contributed by atoms with Gasteiger partial charge < -0.3 is 9.47 Å². The number of benzene rings is 1. The van der Waals surface area contributed by atoms with Gasteiger partial charge in [-0.3, -0.25) is 9.59 Å². The fraction of sp³-hybridized carbons (Fsp3) is 0.515. The molecule has 3 aromatic heterocycles. The van der Waals surface area contributed by atoms with Crippen LogP contribution >= 0.6 is 34.4 Å². The summed E-state index contributed by atoms with van der Waals surface area (Å²) in [5.74, 6) is -0.202. The van der Waals surface area contributed by atoms with Crippen molar-refractivity contribution in [1.29, 1.82) is 0 Å². The first-order valence-electron chi connectivity index (χ1n) is 15.2. The number of unbranched alkanes of at least 4 members (excludes halogenated alkanes) is 4. The summed E-state index contributed by atoms with van der Waals surface area (Å²) in [5, 5.41) is 0. The van der Waals surface area contributed by atoms with E-state index in [1.54, 1.807) is 0 Å². The second-order valence-electron chi connectivity index (χ2n) is 11.2. The average molecular weight is 625 g/mol. The lowest BCUT2D eigenvalue weighted by atomic mass is 9.71. The summed E-state index contributed by atoms with van der Waals surface area (Å²) < 4.78 is 19.5. The number of esters is 2. The molecule has 0 fully saturated rings. The van der Waals surface area contributed by atoms with Crippen LogP contribution in [0.3, 0.4) is 0 Å². The summed E-state index contributed by atoms with van der Waals surface area (Å²) in [5.41, 5.74) is 7.15. The van der Waals surface area contributed by atoms with Crippen molar-refractivity contribution in [1.82, 2.24) is 8.75 Å². The third kappa shape index (κ3) is 6.33. The van der Waals surface area contributed by atoms with Crippen molar-refractivity contribution in [2.75, 3.05) is 13.2 Å². The number of carbonyl (C=O) groups excluding carboxylic acids is 2. The molecule has 0 aliphatic heterocycles. The minimum Gasteiger partial charge on any atom is -0.466 e. The van der Waals surface area contributed by atoms with Crippen LogP contribution in [-0.2, 0) is 24.5 Å². The van der Waals surface area contributed by atoms with Gasteiger partial charge in [-0.05, 0) is 82.2 Å². The Morgan fingerprint density at radius 3 is 2.00 bits per heavy atom. The predicted octanol–water partition coefficient (Wildman–Crippen LogP) is 9.39. The molecule has 0 saturated heterocycles. The highest BCUT2D eigenvalue weighted by Gasteiger charge is 2.45. The highest BCUT2D eigenvalue weighted by Crippen LogP contribution is 2.60. The number of ether oxygens (including phenoxy) is 2. The molecule has 0 spiro atoms. The first kappa shape index (κ1) is 30.8. The molecule has 1 aromatic carbocycles. The van der Waals surface area contributed by atoms with E-state index in [4.69, 9.17) is 9.47 Å². The molecule has 6 nitrogen and oxygen atoms in total. The maximum atomic E-state index is 11.9. The maximum Gasteiger partial charge on any atom is 0.305 e. The number of thiophene rings is 2. The zero-order valence-electron chi connectivity index (χ0n) is 25.0. The Morgan fingerprint density at radius 2 is 1.36 bits per heavy atom. The molecule has 0 radical (unpaired) electrons. The number of fused-ring (bicyclic) bond motifs is 4. The van der Waals surface area contributed by atoms with Crippen LogP contribution in [0.2, 0.25) is 0 Å². The molecule has 3 heterocycles. The maximum absolute atomic E-state index is 11.9. The second-order valence-corrected chi connectivity index (χ2v) is 14.0. The Morgan fingerprint density at radius 1 is 0.762 bits per heavy atom. The van der Waals surface area contributed by atoms with Gasteiger partial charge in [0.1, 0.15) is 11.0 Å². The number of nitrogens with zero attached hydrogens (tertiary/aromatic N) is 2. The molecule has 0 bridgehead atoms. The van der Waals surface area contributed by atoms with Gasteiger partial charge >= 0.3 is 11.9 Å². The summed E-state index contributed by atoms with van der Waals surface area (Å²) in [6.07, 6.45) is 8.84. The van der Waals surface area contributed by atoms with Gasteiger partial charge in [0.05, 0.1) is 24.9 Å². The monoisotopic (exact) mass is 624 g/mol. The van der Waals surface area contributed by atoms with Crippen molar-refractivity contribution in [3.63, 3.8) is 0 Å². The van der Waals surface area contributed by atoms with Crippen LogP contribution in [0.4, 0.5) is 0 Å². The number of hydrogen-bond acceptors (Lipinski definition) is 9. The van der Waals surface area contributed by atoms with Crippen LogP contribution in [0.25, 0.3) is 31.2 Å². The first-order chi connectivity index (χ1) is 20.4. The third-order valence-corrected chi connectivity index (χ3v) is 11.2. The molecule has 0 N–H and O–H groups in total. The van der Waals surface area contributed by atoms with Gasteiger partial charge in [-0.15, -0.1) is 22.7 Å². The molecule has 4 aromatic rings. The quantitative estimate of drug-likeness (QED) is 0.0969. The lowest BCUT2D eigenvalue weighted by Gasteiger charge is -2.31. The fourth-order valence-corrected chi connectivity index (χ4v) is 9.47. The van der Waals surface area contributed by atoms with E-state index in [9.17, 15) is 9.59 Å². The minimum absolute atomic E-state index is 0.0673. The summed E-state index contributed by atoms with van der Waals surface area (Å²) in [6, 6.07) is 9.21. The molecule has 1 aliphatic carbocycles. The van der Waals surface area contributed by atoms with Crippen molar-refractivity contribution in [3.05, 3.63) is 45.8 Å². The molecule has 1 aliphatic rings. The van der Waals surface area contributed by atoms with Crippen LogP contribution < -0.4 is 0 Å². The van der Waals surface area contributed by atoms with Crippen molar-refractivity contribution in [3.8, 4) is 20.2 Å². The standard InChI is InChI=1S/C33H40N2O4S3/c1-5-38-27(36)13-9-7-11-17-33(18-12-8-10-14-28(37)39-6-2)24-19-22(4)40-31(24)32-25(33)20-26(41-32)23-16-15-21(3)29-30(23)35-42-34-29/h15-16,19-20H,5-14,17-18H2,1-4H3. The Balaban J connectivity index is 1.44. The van der Waals surface area contributed by atoms with Crippen LogP contribution in [0.1, 0.15) is 99.6 Å². The molecular formula is C33H40N2O4S3. The smallest absolute Gasteiger partial charge is 0.305 e. The van der Waals surface area contributed by atoms with Crippen LogP contribution in [-0.4, -0.2) is 33.9 Å². The average Bonchev–Trinajstić information content (AvgIpc) is 3.73. The van der Waals surface area contributed by atoms with E-state index < -0.39 is 0 Å². The summed E-state index contributed by atoms with van der Waals surface area (Å²) in [7, 11) is 0. The molecule has 5 rings (SSSR count). The number of carbonyl (C=O) groups is 2. The van der Waals surface area contributed by atoms with Gasteiger partial charge in [-0.2, -0.15) is 8.75 Å². The van der Waals surface area contributed by atoms with Gasteiger partial charge in [0.15, 0.2) is 0 Å². The minimum atomic E-state index is -0.101. The van der Waals surface area contributed by atoms with E-state index in [2.05, 4.69) is 46.9 Å². The second kappa shape index (κ2) is 13.8. The summed E-state index contributed by atoms with van der Waals surface area (Å²) in [4.78, 5) is 29.2. The van der Waals surface area contributed by atoms with E-state index in [0.717, 1.165) is 73.5 Å². The zero-order chi connectivity index (χ0) is 29.7. The van der Waals surface area contributed by atoms with Crippen molar-refractivity contribution in [2.45, 2.75) is 97.3 Å². The summed E-state index contributed by atoms with van der Waals surface area (Å²) in [6.45, 7) is 8.89. The topological polar surface area (TPSA) is 78.4 Å². The number of hydrogen-bond donors (Lipinski definition) is 0. The molecule has 0 saturated carbocycles. The van der Waals surface area contributed by atoms with Crippen LogP contribution in [0, 0.1) is 13.8 Å². The lowest BCUT2D eigenvalue weighted by molar-refractivity contribution is -0.144. The SMILES string of the molecule is CCOC(=O)CCCCCC1(CCCCCC(=O)OCC)c2cc(C)sc2-c2sc(-c3ccc(C)c4nsnc34)cc21. The van der Waals surface area contributed by atoms with Crippen molar-refractivity contribution >= 4 is 57.4 Å². The normalized spacial score (nSPS) is 13.3. The fourth-order valence-electron chi connectivity index (χ4n) is 6.30. The van der Waals surface area contributed by atoms with Gasteiger partial charge in [-0.1, -0.05) is 37.8 Å². The number of aryl methyl sites for hydroxylation is 2. The summed E-state index contributed by atoms with van der Waals surface area (Å²) >= 11 is 5.08. The molecule has 9 heteroatoms. The van der Waals surface area contributed by atoms with E-state index in [-0.39, 0.29) is 17.4 Å². The largest absolute Gasteiger partial charge is 0.466 e. The van der Waals surface area contributed by atoms with Crippen LogP contribution in [0.15, 0.2) is 24.3 Å². The van der Waals surface area contributed by atoms with E-state index in [1.165, 1.54) is 42.4 Å². The molecule has 224 valence electrons. The highest BCUT2D eigenvalue weighted by atomic mass is 32.1. The lowest BCUT2D eigenvalue weighted by Crippen LogP contribution is -2.25. The van der Waals surface area contributed by atoms with Gasteiger partial charge in [0.2, 0.25) is 0 Å². The molecule has 0 atom stereocenters. The van der Waals surface area contributed by atoms with Gasteiger partial charge in [0, 0.05) is 43.3 Å². The Kier molecular flexibility index (Phi) is 10.1.